The van der Waals surface area contributed by atoms with Gasteiger partial charge in [-0.3, -0.25) is 9.36 Å². The molecule has 126 valence electrons. The Morgan fingerprint density at radius 3 is 2.72 bits per heavy atom. The Morgan fingerprint density at radius 2 is 1.92 bits per heavy atom. The first-order valence-corrected chi connectivity index (χ1v) is 8.51. The Morgan fingerprint density at radius 1 is 1.08 bits per heavy atom. The first-order valence-electron chi connectivity index (χ1n) is 8.51. The topological polar surface area (TPSA) is 65.6 Å². The van der Waals surface area contributed by atoms with Crippen molar-refractivity contribution in [3.05, 3.63) is 64.2 Å². The van der Waals surface area contributed by atoms with Gasteiger partial charge in [0.15, 0.2) is 11.2 Å². The fourth-order valence-corrected chi connectivity index (χ4v) is 3.28. The summed E-state index contributed by atoms with van der Waals surface area (Å²) in [6.45, 7) is 5.19. The van der Waals surface area contributed by atoms with Crippen molar-refractivity contribution >= 4 is 21.9 Å². The van der Waals surface area contributed by atoms with Crippen molar-refractivity contribution in [1.29, 1.82) is 0 Å². The molecule has 0 unspecified atom stereocenters. The van der Waals surface area contributed by atoms with Gasteiger partial charge in [0.1, 0.15) is 6.33 Å². The van der Waals surface area contributed by atoms with Crippen molar-refractivity contribution in [1.82, 2.24) is 24.5 Å². The molecule has 2 heterocycles. The average Bonchev–Trinajstić information content (AvgIpc) is 3.08. The molecular weight excluding hydrogens is 314 g/mol. The summed E-state index contributed by atoms with van der Waals surface area (Å²) in [5, 5.41) is 10.4. The molecule has 0 bridgehead atoms. The first kappa shape index (κ1) is 15.5. The molecule has 0 aliphatic rings. The second kappa shape index (κ2) is 6.12. The van der Waals surface area contributed by atoms with Crippen LogP contribution < -0.4 is 5.56 Å². The van der Waals surface area contributed by atoms with Gasteiger partial charge in [-0.15, -0.1) is 5.10 Å². The predicted octanol–water partition coefficient (Wildman–Crippen LogP) is 2.77. The summed E-state index contributed by atoms with van der Waals surface area (Å²) in [5.41, 5.74) is 3.11. The standard InChI is InChI=1S/C19H19N5O/c1-3-13-9-10-14-7-5-6-8-15(14)16(13)11-23-12-20-18-17(19(23)25)21-22-24(18)4-2/h5-10,12H,3-4,11H2,1-2H3. The molecule has 6 nitrogen and oxygen atoms in total. The SMILES string of the molecule is CCc1ccc2ccccc2c1Cn1cnc2c(nnn2CC)c1=O. The molecule has 25 heavy (non-hydrogen) atoms. The van der Waals surface area contributed by atoms with Crippen LogP contribution in [0.2, 0.25) is 0 Å². The van der Waals surface area contributed by atoms with Crippen LogP contribution >= 0.6 is 0 Å². The summed E-state index contributed by atoms with van der Waals surface area (Å²) < 4.78 is 3.26. The maximum atomic E-state index is 12.8. The zero-order valence-corrected chi connectivity index (χ0v) is 14.3. The summed E-state index contributed by atoms with van der Waals surface area (Å²) in [6, 6.07) is 12.5. The molecule has 4 rings (SSSR count). The van der Waals surface area contributed by atoms with Gasteiger partial charge in [-0.1, -0.05) is 48.5 Å². The van der Waals surface area contributed by atoms with Gasteiger partial charge in [0.25, 0.3) is 5.56 Å². The lowest BCUT2D eigenvalue weighted by molar-refractivity contribution is 0.640. The van der Waals surface area contributed by atoms with Crippen LogP contribution in [0.4, 0.5) is 0 Å². The Balaban J connectivity index is 1.88. The van der Waals surface area contributed by atoms with E-state index in [9.17, 15) is 4.79 Å². The lowest BCUT2D eigenvalue weighted by Crippen LogP contribution is -2.22. The van der Waals surface area contributed by atoms with E-state index in [-0.39, 0.29) is 5.56 Å². The number of fused-ring (bicyclic) bond motifs is 2. The number of rotatable bonds is 4. The van der Waals surface area contributed by atoms with Crippen molar-refractivity contribution in [2.24, 2.45) is 0 Å². The average molecular weight is 333 g/mol. The largest absolute Gasteiger partial charge is 0.293 e. The van der Waals surface area contributed by atoms with Crippen LogP contribution in [0.5, 0.6) is 0 Å². The molecule has 0 saturated heterocycles. The van der Waals surface area contributed by atoms with Crippen molar-refractivity contribution in [3.63, 3.8) is 0 Å². The summed E-state index contributed by atoms with van der Waals surface area (Å²) in [7, 11) is 0. The zero-order valence-electron chi connectivity index (χ0n) is 14.3. The van der Waals surface area contributed by atoms with E-state index >= 15 is 0 Å². The summed E-state index contributed by atoms with van der Waals surface area (Å²) in [4.78, 5) is 17.2. The first-order chi connectivity index (χ1) is 12.2. The Bertz CT molecular complexity index is 1130. The predicted molar refractivity (Wildman–Crippen MR) is 97.7 cm³/mol. The lowest BCUT2D eigenvalue weighted by atomic mass is 9.97. The second-order valence-electron chi connectivity index (χ2n) is 6.03. The Hall–Kier alpha value is -3.02. The highest BCUT2D eigenvalue weighted by Crippen LogP contribution is 2.23. The molecule has 2 aromatic heterocycles. The molecule has 4 aromatic rings. The number of nitrogens with zero attached hydrogens (tertiary/aromatic N) is 5. The molecule has 0 saturated carbocycles. The molecule has 0 N–H and O–H groups in total. The summed E-state index contributed by atoms with van der Waals surface area (Å²) >= 11 is 0. The van der Waals surface area contributed by atoms with Crippen molar-refractivity contribution in [3.8, 4) is 0 Å². The van der Waals surface area contributed by atoms with Crippen molar-refractivity contribution in [2.45, 2.75) is 33.4 Å². The van der Waals surface area contributed by atoms with Crippen molar-refractivity contribution in [2.75, 3.05) is 0 Å². The normalized spacial score (nSPS) is 11.4. The fourth-order valence-electron chi connectivity index (χ4n) is 3.28. The van der Waals surface area contributed by atoms with Crippen LogP contribution in [-0.4, -0.2) is 24.5 Å². The van der Waals surface area contributed by atoms with Gasteiger partial charge >= 0.3 is 0 Å². The van der Waals surface area contributed by atoms with E-state index in [1.165, 1.54) is 16.3 Å². The van der Waals surface area contributed by atoms with Gasteiger partial charge in [-0.25, -0.2) is 9.67 Å². The summed E-state index contributed by atoms with van der Waals surface area (Å²) in [5.74, 6) is 0. The maximum Gasteiger partial charge on any atom is 0.283 e. The third kappa shape index (κ3) is 2.50. The highest BCUT2D eigenvalue weighted by molar-refractivity contribution is 5.86. The third-order valence-corrected chi connectivity index (χ3v) is 4.64. The molecule has 0 atom stereocenters. The minimum Gasteiger partial charge on any atom is -0.293 e. The van der Waals surface area contributed by atoms with Crippen molar-refractivity contribution < 1.29 is 0 Å². The van der Waals surface area contributed by atoms with Crippen LogP contribution in [-0.2, 0) is 19.5 Å². The van der Waals surface area contributed by atoms with Crippen LogP contribution in [0.3, 0.4) is 0 Å². The van der Waals surface area contributed by atoms with Crippen LogP contribution in [0.1, 0.15) is 25.0 Å². The molecule has 0 radical (unpaired) electrons. The monoisotopic (exact) mass is 333 g/mol. The van der Waals surface area contributed by atoms with Gasteiger partial charge in [-0.2, -0.15) is 0 Å². The van der Waals surface area contributed by atoms with Gasteiger partial charge in [0, 0.05) is 6.54 Å². The van der Waals surface area contributed by atoms with Gasteiger partial charge < -0.3 is 0 Å². The minimum atomic E-state index is -0.153. The van der Waals surface area contributed by atoms with Gasteiger partial charge in [0.05, 0.1) is 6.54 Å². The van der Waals surface area contributed by atoms with E-state index < -0.39 is 0 Å². The Kier molecular flexibility index (Phi) is 3.80. The van der Waals surface area contributed by atoms with Crippen LogP contribution in [0, 0.1) is 0 Å². The minimum absolute atomic E-state index is 0.153. The van der Waals surface area contributed by atoms with Crippen LogP contribution in [0.15, 0.2) is 47.5 Å². The number of hydrogen-bond acceptors (Lipinski definition) is 4. The number of benzene rings is 2. The quantitative estimate of drug-likeness (QED) is 0.576. The lowest BCUT2D eigenvalue weighted by Gasteiger charge is -2.13. The Labute approximate surface area is 144 Å². The molecule has 0 fully saturated rings. The molecule has 0 aliphatic heterocycles. The van der Waals surface area contributed by atoms with E-state index in [0.29, 0.717) is 24.3 Å². The highest BCUT2D eigenvalue weighted by Gasteiger charge is 2.13. The summed E-state index contributed by atoms with van der Waals surface area (Å²) in [6.07, 6.45) is 2.51. The third-order valence-electron chi connectivity index (χ3n) is 4.64. The number of aryl methyl sites for hydroxylation is 2. The van der Waals surface area contributed by atoms with Gasteiger partial charge in [-0.05, 0) is 35.2 Å². The smallest absolute Gasteiger partial charge is 0.283 e. The highest BCUT2D eigenvalue weighted by atomic mass is 16.1. The second-order valence-corrected chi connectivity index (χ2v) is 6.03. The van der Waals surface area contributed by atoms with Crippen LogP contribution in [0.25, 0.3) is 21.9 Å². The molecule has 2 aromatic carbocycles. The van der Waals surface area contributed by atoms with E-state index in [4.69, 9.17) is 0 Å². The molecule has 0 spiro atoms. The maximum absolute atomic E-state index is 12.8. The van der Waals surface area contributed by atoms with Gasteiger partial charge in [0.2, 0.25) is 0 Å². The molecule has 0 aliphatic carbocycles. The number of hydrogen-bond donors (Lipinski definition) is 0. The molecule has 0 amide bonds. The fraction of sp³-hybridized carbons (Fsp3) is 0.263. The van der Waals surface area contributed by atoms with E-state index in [1.807, 2.05) is 19.1 Å². The molecular formula is C19H19N5O. The number of aromatic nitrogens is 5. The van der Waals surface area contributed by atoms with E-state index in [2.05, 4.69) is 46.5 Å². The molecule has 6 heteroatoms. The zero-order chi connectivity index (χ0) is 17.4. The van der Waals surface area contributed by atoms with E-state index in [1.54, 1.807) is 15.6 Å². The van der Waals surface area contributed by atoms with E-state index in [0.717, 1.165) is 12.0 Å².